The van der Waals surface area contributed by atoms with E-state index in [-0.39, 0.29) is 0 Å². The lowest BCUT2D eigenvalue weighted by Gasteiger charge is -2.29. The molecular weight excluding hydrogens is 334 g/mol. The lowest BCUT2D eigenvalue weighted by atomic mass is 9.99. The van der Waals surface area contributed by atoms with Gasteiger partial charge < -0.3 is 14.6 Å². The third kappa shape index (κ3) is 5.81. The lowest BCUT2D eigenvalue weighted by Crippen LogP contribution is -2.47. The second-order valence-electron chi connectivity index (χ2n) is 7.64. The summed E-state index contributed by atoms with van der Waals surface area (Å²) in [6, 6.07) is 8.33. The van der Waals surface area contributed by atoms with E-state index in [9.17, 15) is 4.79 Å². The highest BCUT2D eigenvalue weighted by molar-refractivity contribution is 7.98. The number of imidazole rings is 1. The average Bonchev–Trinajstić information content (AvgIpc) is 2.91. The Morgan fingerprint density at radius 3 is 2.40 bits per heavy atom. The van der Waals surface area contributed by atoms with Crippen LogP contribution in [0.4, 0.5) is 4.79 Å². The summed E-state index contributed by atoms with van der Waals surface area (Å²) in [6.45, 7) is 9.52. The van der Waals surface area contributed by atoms with E-state index in [1.54, 1.807) is 18.1 Å². The molecule has 0 saturated heterocycles. The van der Waals surface area contributed by atoms with Gasteiger partial charge in [-0.05, 0) is 65.1 Å². The molecule has 1 aromatic heterocycles. The minimum absolute atomic E-state index is 0.409. The molecule has 5 nitrogen and oxygen atoms in total. The summed E-state index contributed by atoms with van der Waals surface area (Å²) in [6.07, 6.45) is 5.92. The van der Waals surface area contributed by atoms with Crippen LogP contribution in [0.25, 0.3) is 5.69 Å². The van der Waals surface area contributed by atoms with Crippen molar-refractivity contribution in [2.45, 2.75) is 57.1 Å². The Balaban J connectivity index is 2.12. The summed E-state index contributed by atoms with van der Waals surface area (Å²) in [7, 11) is 0. The van der Waals surface area contributed by atoms with Crippen LogP contribution in [0.3, 0.4) is 0 Å². The van der Waals surface area contributed by atoms with Crippen LogP contribution in [-0.2, 0) is 11.2 Å². The molecule has 0 saturated carbocycles. The number of alkyl carbamates (subject to hydrolysis) is 1. The van der Waals surface area contributed by atoms with E-state index in [2.05, 4.69) is 40.8 Å². The van der Waals surface area contributed by atoms with E-state index in [4.69, 9.17) is 4.74 Å². The predicted molar refractivity (Wildman–Crippen MR) is 102 cm³/mol. The van der Waals surface area contributed by atoms with E-state index < -0.39 is 17.2 Å². The van der Waals surface area contributed by atoms with Crippen LogP contribution in [0.5, 0.6) is 0 Å². The first-order chi connectivity index (χ1) is 11.6. The van der Waals surface area contributed by atoms with Crippen molar-refractivity contribution in [3.63, 3.8) is 0 Å². The van der Waals surface area contributed by atoms with Gasteiger partial charge >= 0.3 is 6.09 Å². The zero-order valence-corrected chi connectivity index (χ0v) is 16.6. The first kappa shape index (κ1) is 19.4. The van der Waals surface area contributed by atoms with Crippen molar-refractivity contribution in [3.05, 3.63) is 42.5 Å². The number of nitrogens with zero attached hydrogens (tertiary/aromatic N) is 2. The van der Waals surface area contributed by atoms with Crippen LogP contribution in [0, 0.1) is 0 Å². The Bertz CT molecular complexity index is 715. The third-order valence-electron chi connectivity index (χ3n) is 3.53. The Labute approximate surface area is 154 Å². The molecule has 0 aliphatic carbocycles. The van der Waals surface area contributed by atoms with E-state index in [0.29, 0.717) is 6.42 Å². The quantitative estimate of drug-likeness (QED) is 0.800. The smallest absolute Gasteiger partial charge is 0.408 e. The molecule has 1 N–H and O–H groups in total. The monoisotopic (exact) mass is 361 g/mol. The molecule has 0 spiro atoms. The summed E-state index contributed by atoms with van der Waals surface area (Å²) in [5, 5.41) is 2.94. The van der Waals surface area contributed by atoms with Gasteiger partial charge in [-0.1, -0.05) is 0 Å². The number of nitrogens with one attached hydrogen (secondary N) is 1. The number of aromatic nitrogens is 2. The normalized spacial score (nSPS) is 12.1. The van der Waals surface area contributed by atoms with Gasteiger partial charge in [-0.15, -0.1) is 11.8 Å². The summed E-state index contributed by atoms with van der Waals surface area (Å²) < 4.78 is 7.40. The molecule has 6 heteroatoms. The highest BCUT2D eigenvalue weighted by Gasteiger charge is 2.26. The maximum absolute atomic E-state index is 12.1. The van der Waals surface area contributed by atoms with E-state index in [1.165, 1.54) is 4.90 Å². The largest absolute Gasteiger partial charge is 0.444 e. The number of rotatable bonds is 5. The minimum Gasteiger partial charge on any atom is -0.444 e. The van der Waals surface area contributed by atoms with Gasteiger partial charge in [-0.3, -0.25) is 0 Å². The van der Waals surface area contributed by atoms with Crippen molar-refractivity contribution >= 4 is 17.9 Å². The van der Waals surface area contributed by atoms with Crippen LogP contribution < -0.4 is 5.32 Å². The SMILES string of the molecule is CSc1ccc(-n2cncc2CC(C)(C)NC(=O)OC(C)(C)C)cc1. The molecule has 0 aliphatic rings. The molecule has 136 valence electrons. The standard InChI is InChI=1S/C19H27N3O2S/c1-18(2,3)24-17(23)21-19(4,5)11-15-12-20-13-22(15)14-7-9-16(25-6)10-8-14/h7-10,12-13H,11H2,1-6H3,(H,21,23). The van der Waals surface area contributed by atoms with Gasteiger partial charge in [-0.2, -0.15) is 0 Å². The van der Waals surface area contributed by atoms with Crippen LogP contribution in [0.15, 0.2) is 41.7 Å². The number of amides is 1. The number of carbonyl (C=O) groups is 1. The van der Waals surface area contributed by atoms with Crippen molar-refractivity contribution in [2.75, 3.05) is 6.26 Å². The van der Waals surface area contributed by atoms with Crippen LogP contribution in [-0.4, -0.2) is 33.0 Å². The third-order valence-corrected chi connectivity index (χ3v) is 4.27. The molecule has 0 atom stereocenters. The van der Waals surface area contributed by atoms with Crippen molar-refractivity contribution in [2.24, 2.45) is 0 Å². The maximum atomic E-state index is 12.1. The molecule has 0 aliphatic heterocycles. The Morgan fingerprint density at radius 2 is 1.84 bits per heavy atom. The van der Waals surface area contributed by atoms with E-state index >= 15 is 0 Å². The van der Waals surface area contributed by atoms with E-state index in [0.717, 1.165) is 11.4 Å². The fourth-order valence-electron chi connectivity index (χ4n) is 2.51. The second kappa shape index (κ2) is 7.52. The van der Waals surface area contributed by atoms with Crippen molar-refractivity contribution < 1.29 is 9.53 Å². The summed E-state index contributed by atoms with van der Waals surface area (Å²) in [5.74, 6) is 0. The Kier molecular flexibility index (Phi) is 5.83. The number of hydrogen-bond donors (Lipinski definition) is 1. The van der Waals surface area contributed by atoms with Gasteiger partial charge in [0.15, 0.2) is 0 Å². The summed E-state index contributed by atoms with van der Waals surface area (Å²) in [4.78, 5) is 17.6. The first-order valence-corrected chi connectivity index (χ1v) is 9.49. The Hall–Kier alpha value is -1.95. The molecule has 1 aromatic carbocycles. The van der Waals surface area contributed by atoms with Gasteiger partial charge in [0, 0.05) is 34.4 Å². The highest BCUT2D eigenvalue weighted by Crippen LogP contribution is 2.21. The molecule has 0 fully saturated rings. The van der Waals surface area contributed by atoms with Crippen LogP contribution >= 0.6 is 11.8 Å². The maximum Gasteiger partial charge on any atom is 0.408 e. The van der Waals surface area contributed by atoms with Crippen LogP contribution in [0.1, 0.15) is 40.3 Å². The van der Waals surface area contributed by atoms with E-state index in [1.807, 2.05) is 45.4 Å². The van der Waals surface area contributed by atoms with Gasteiger partial charge in [0.05, 0.1) is 6.33 Å². The average molecular weight is 362 g/mol. The van der Waals surface area contributed by atoms with Crippen molar-refractivity contribution in [1.82, 2.24) is 14.9 Å². The molecular formula is C19H27N3O2S. The first-order valence-electron chi connectivity index (χ1n) is 8.26. The molecule has 2 aromatic rings. The Morgan fingerprint density at radius 1 is 1.20 bits per heavy atom. The summed E-state index contributed by atoms with van der Waals surface area (Å²) >= 11 is 1.71. The second-order valence-corrected chi connectivity index (χ2v) is 8.52. The van der Waals surface area contributed by atoms with Gasteiger partial charge in [0.2, 0.25) is 0 Å². The van der Waals surface area contributed by atoms with Gasteiger partial charge in [0.25, 0.3) is 0 Å². The lowest BCUT2D eigenvalue weighted by molar-refractivity contribution is 0.0472. The zero-order chi connectivity index (χ0) is 18.7. The molecule has 0 unspecified atom stereocenters. The number of thioether (sulfide) groups is 1. The van der Waals surface area contributed by atoms with Gasteiger partial charge in [-0.25, -0.2) is 9.78 Å². The minimum atomic E-state index is -0.513. The predicted octanol–water partition coefficient (Wildman–Crippen LogP) is 4.44. The van der Waals surface area contributed by atoms with Crippen LogP contribution in [0.2, 0.25) is 0 Å². The fourth-order valence-corrected chi connectivity index (χ4v) is 2.91. The number of carbonyl (C=O) groups excluding carboxylic acids is 1. The topological polar surface area (TPSA) is 56.2 Å². The number of benzene rings is 1. The summed E-state index contributed by atoms with van der Waals surface area (Å²) in [5.41, 5.74) is 1.11. The molecule has 0 radical (unpaired) electrons. The van der Waals surface area contributed by atoms with Gasteiger partial charge in [0.1, 0.15) is 5.60 Å². The molecule has 1 amide bonds. The zero-order valence-electron chi connectivity index (χ0n) is 15.8. The molecule has 25 heavy (non-hydrogen) atoms. The molecule has 2 rings (SSSR count). The van der Waals surface area contributed by atoms with Crippen molar-refractivity contribution in [3.8, 4) is 5.69 Å². The van der Waals surface area contributed by atoms with Crippen molar-refractivity contribution in [1.29, 1.82) is 0 Å². The highest BCUT2D eigenvalue weighted by atomic mass is 32.2. The molecule has 0 bridgehead atoms. The number of ether oxygens (including phenoxy) is 1. The molecule has 1 heterocycles. The fraction of sp³-hybridized carbons (Fsp3) is 0.474. The number of hydrogen-bond acceptors (Lipinski definition) is 4.